The van der Waals surface area contributed by atoms with Gasteiger partial charge in [-0.25, -0.2) is 9.97 Å². The summed E-state index contributed by atoms with van der Waals surface area (Å²) in [7, 11) is 0. The summed E-state index contributed by atoms with van der Waals surface area (Å²) in [5, 5.41) is 10.5. The summed E-state index contributed by atoms with van der Waals surface area (Å²) in [5.74, 6) is 0.0643. The van der Waals surface area contributed by atoms with Crippen LogP contribution in [-0.4, -0.2) is 68.7 Å². The van der Waals surface area contributed by atoms with Crippen LogP contribution in [0.3, 0.4) is 0 Å². The molecule has 1 amide bonds. The minimum atomic E-state index is -0.843. The maximum absolute atomic E-state index is 11.9. The maximum Gasteiger partial charge on any atom is 0.313 e. The van der Waals surface area contributed by atoms with Gasteiger partial charge in [-0.2, -0.15) is 0 Å². The Labute approximate surface area is 145 Å². The molecular formula is C16H22N4O3S. The van der Waals surface area contributed by atoms with E-state index in [0.29, 0.717) is 32.7 Å². The van der Waals surface area contributed by atoms with Crippen molar-refractivity contribution in [2.75, 3.05) is 31.9 Å². The number of likely N-dealkylation sites (tertiary alicyclic amines) is 2. The van der Waals surface area contributed by atoms with Crippen molar-refractivity contribution in [2.45, 2.75) is 25.5 Å². The molecule has 24 heavy (non-hydrogen) atoms. The van der Waals surface area contributed by atoms with E-state index in [4.69, 9.17) is 0 Å². The highest BCUT2D eigenvalue weighted by molar-refractivity contribution is 7.99. The Morgan fingerprint density at radius 1 is 1.33 bits per heavy atom. The second-order valence-corrected chi connectivity index (χ2v) is 7.77. The second kappa shape index (κ2) is 6.68. The molecule has 0 spiro atoms. The molecule has 3 heterocycles. The van der Waals surface area contributed by atoms with E-state index >= 15 is 0 Å². The number of rotatable bonds is 5. The van der Waals surface area contributed by atoms with Gasteiger partial charge in [0.2, 0.25) is 5.91 Å². The summed E-state index contributed by atoms with van der Waals surface area (Å²) in [5.41, 5.74) is 0.143. The van der Waals surface area contributed by atoms with Gasteiger partial charge in [-0.05, 0) is 5.75 Å². The molecule has 2 aliphatic rings. The van der Waals surface area contributed by atoms with Crippen molar-refractivity contribution in [3.8, 4) is 0 Å². The lowest BCUT2D eigenvalue weighted by atomic mass is 9.81. The topological polar surface area (TPSA) is 86.6 Å². The molecule has 0 radical (unpaired) electrons. The molecule has 3 rings (SSSR count). The number of hydrogen-bond donors (Lipinski definition) is 1. The van der Waals surface area contributed by atoms with Gasteiger partial charge in [-0.3, -0.25) is 14.5 Å². The van der Waals surface area contributed by atoms with Crippen molar-refractivity contribution in [3.63, 3.8) is 0 Å². The molecule has 8 heteroatoms. The number of carbonyl (C=O) groups is 2. The fraction of sp³-hybridized carbons (Fsp3) is 0.625. The van der Waals surface area contributed by atoms with Crippen LogP contribution in [0.25, 0.3) is 0 Å². The van der Waals surface area contributed by atoms with Gasteiger partial charge < -0.3 is 10.0 Å². The van der Waals surface area contributed by atoms with Crippen molar-refractivity contribution >= 4 is 23.6 Å². The van der Waals surface area contributed by atoms with E-state index in [2.05, 4.69) is 21.8 Å². The Kier molecular flexibility index (Phi) is 4.78. The third-order valence-electron chi connectivity index (χ3n) is 4.91. The summed E-state index contributed by atoms with van der Waals surface area (Å²) in [6.07, 6.45) is 3.63. The molecule has 1 N–H and O–H groups in total. The predicted octanol–water partition coefficient (Wildman–Crippen LogP) is 0.954. The van der Waals surface area contributed by atoms with Crippen LogP contribution in [0.5, 0.6) is 0 Å². The van der Waals surface area contributed by atoms with Gasteiger partial charge in [0.05, 0.1) is 0 Å². The molecule has 7 nitrogen and oxygen atoms in total. The van der Waals surface area contributed by atoms with E-state index < -0.39 is 11.4 Å². The molecule has 1 aromatic rings. The molecule has 0 aliphatic carbocycles. The number of thioether (sulfide) groups is 1. The molecule has 0 unspecified atom stereocenters. The van der Waals surface area contributed by atoms with Gasteiger partial charge in [0.1, 0.15) is 5.41 Å². The molecule has 2 fully saturated rings. The lowest BCUT2D eigenvalue weighted by Crippen LogP contribution is -2.41. The zero-order chi connectivity index (χ0) is 17.3. The van der Waals surface area contributed by atoms with Crippen LogP contribution in [0.4, 0.5) is 0 Å². The first-order valence-corrected chi connectivity index (χ1v) is 9.08. The number of nitrogens with zero attached hydrogens (tertiary/aromatic N) is 4. The highest BCUT2D eigenvalue weighted by Gasteiger charge is 2.58. The van der Waals surface area contributed by atoms with Gasteiger partial charge >= 0.3 is 5.97 Å². The molecule has 2 saturated heterocycles. The number of amides is 1. The maximum atomic E-state index is 11.9. The Balaban J connectivity index is 1.68. The minimum absolute atomic E-state index is 0.0188. The zero-order valence-corrected chi connectivity index (χ0v) is 14.8. The summed E-state index contributed by atoms with van der Waals surface area (Å²) in [6, 6.07) is 0. The van der Waals surface area contributed by atoms with E-state index in [1.54, 1.807) is 16.7 Å². The van der Waals surface area contributed by atoms with Gasteiger partial charge in [0, 0.05) is 63.5 Å². The first-order valence-electron chi connectivity index (χ1n) is 8.09. The number of aliphatic carboxylic acids is 1. The first-order chi connectivity index (χ1) is 11.4. The van der Waals surface area contributed by atoms with Crippen LogP contribution >= 0.6 is 11.8 Å². The molecule has 0 saturated carbocycles. The third kappa shape index (κ3) is 3.12. The van der Waals surface area contributed by atoms with Crippen molar-refractivity contribution in [2.24, 2.45) is 11.3 Å². The summed E-state index contributed by atoms with van der Waals surface area (Å²) < 4.78 is 0. The summed E-state index contributed by atoms with van der Waals surface area (Å²) in [4.78, 5) is 36.0. The summed E-state index contributed by atoms with van der Waals surface area (Å²) in [6.45, 7) is 6.18. The van der Waals surface area contributed by atoms with Crippen molar-refractivity contribution < 1.29 is 14.7 Å². The Morgan fingerprint density at radius 3 is 2.58 bits per heavy atom. The average molecular weight is 350 g/mol. The Bertz CT molecular complexity index is 639. The smallest absolute Gasteiger partial charge is 0.313 e. The van der Waals surface area contributed by atoms with Crippen LogP contribution in [0.15, 0.2) is 17.6 Å². The number of aromatic nitrogens is 2. The SMILES string of the molecule is CCSc1ncc(CN2C[C@@H]3CN(C(C)=O)C[C@]3(C(=O)O)C2)cn1. The van der Waals surface area contributed by atoms with Crippen molar-refractivity contribution in [3.05, 3.63) is 18.0 Å². The van der Waals surface area contributed by atoms with E-state index in [1.807, 2.05) is 12.4 Å². The zero-order valence-electron chi connectivity index (χ0n) is 13.9. The van der Waals surface area contributed by atoms with Gasteiger partial charge in [-0.15, -0.1) is 0 Å². The van der Waals surface area contributed by atoms with Gasteiger partial charge in [0.25, 0.3) is 0 Å². The van der Waals surface area contributed by atoms with Gasteiger partial charge in [-0.1, -0.05) is 18.7 Å². The number of hydrogen-bond acceptors (Lipinski definition) is 6. The number of fused-ring (bicyclic) bond motifs is 1. The second-order valence-electron chi connectivity index (χ2n) is 6.53. The van der Waals surface area contributed by atoms with Crippen LogP contribution in [0, 0.1) is 11.3 Å². The fourth-order valence-electron chi connectivity index (χ4n) is 3.72. The van der Waals surface area contributed by atoms with E-state index in [9.17, 15) is 14.7 Å². The van der Waals surface area contributed by atoms with E-state index in [-0.39, 0.29) is 11.8 Å². The molecule has 0 aromatic carbocycles. The van der Waals surface area contributed by atoms with Crippen LogP contribution in [0.2, 0.25) is 0 Å². The molecular weight excluding hydrogens is 328 g/mol. The lowest BCUT2D eigenvalue weighted by molar-refractivity contribution is -0.149. The fourth-order valence-corrected chi connectivity index (χ4v) is 4.23. The monoisotopic (exact) mass is 350 g/mol. The van der Waals surface area contributed by atoms with Crippen molar-refractivity contribution in [1.82, 2.24) is 19.8 Å². The molecule has 130 valence electrons. The van der Waals surface area contributed by atoms with E-state index in [0.717, 1.165) is 16.5 Å². The Morgan fingerprint density at radius 2 is 2.04 bits per heavy atom. The predicted molar refractivity (Wildman–Crippen MR) is 89.5 cm³/mol. The standard InChI is InChI=1S/C16H22N4O3S/c1-3-24-15-17-4-12(5-18-15)6-19-7-13-8-20(11(2)21)10-16(13,9-19)14(22)23/h4-5,13H,3,6-10H2,1-2H3,(H,22,23)/t13-,16-/m1/s1. The minimum Gasteiger partial charge on any atom is -0.481 e. The molecule has 1 aromatic heterocycles. The number of carbonyl (C=O) groups excluding carboxylic acids is 1. The van der Waals surface area contributed by atoms with Crippen LogP contribution in [-0.2, 0) is 16.1 Å². The number of carboxylic acid groups (broad SMARTS) is 1. The highest BCUT2D eigenvalue weighted by Crippen LogP contribution is 2.43. The average Bonchev–Trinajstić information content (AvgIpc) is 3.04. The quantitative estimate of drug-likeness (QED) is 0.625. The molecule has 0 bridgehead atoms. The normalized spacial score (nSPS) is 26.6. The first kappa shape index (κ1) is 17.2. The Hall–Kier alpha value is -1.67. The van der Waals surface area contributed by atoms with E-state index in [1.165, 1.54) is 6.92 Å². The summed E-state index contributed by atoms with van der Waals surface area (Å²) >= 11 is 1.60. The largest absolute Gasteiger partial charge is 0.481 e. The molecule has 2 atom stereocenters. The third-order valence-corrected chi connectivity index (χ3v) is 5.67. The lowest BCUT2D eigenvalue weighted by Gasteiger charge is -2.25. The molecule has 2 aliphatic heterocycles. The van der Waals surface area contributed by atoms with Crippen LogP contribution in [0.1, 0.15) is 19.4 Å². The van der Waals surface area contributed by atoms with Crippen molar-refractivity contribution in [1.29, 1.82) is 0 Å². The van der Waals surface area contributed by atoms with Gasteiger partial charge in [0.15, 0.2) is 5.16 Å². The van der Waals surface area contributed by atoms with Crippen LogP contribution < -0.4 is 0 Å². The number of carboxylic acids is 1. The highest BCUT2D eigenvalue weighted by atomic mass is 32.2.